The Morgan fingerprint density at radius 2 is 1.50 bits per heavy atom. The molecule has 4 nitrogen and oxygen atoms in total. The minimum Gasteiger partial charge on any atom is -0.340 e. The molecule has 2 fully saturated rings. The normalized spacial score (nSPS) is 28.0. The maximum absolute atomic E-state index is 12.6. The van der Waals surface area contributed by atoms with E-state index in [0.717, 1.165) is 39.0 Å². The van der Waals surface area contributed by atoms with Crippen molar-refractivity contribution in [3.8, 4) is 0 Å². The van der Waals surface area contributed by atoms with Crippen LogP contribution in [0.4, 0.5) is 0 Å². The largest absolute Gasteiger partial charge is 0.340 e. The number of amides is 1. The van der Waals surface area contributed by atoms with Gasteiger partial charge < -0.3 is 10.6 Å². The summed E-state index contributed by atoms with van der Waals surface area (Å²) in [7, 11) is 0. The van der Waals surface area contributed by atoms with Crippen molar-refractivity contribution in [3.63, 3.8) is 0 Å². The summed E-state index contributed by atoms with van der Waals surface area (Å²) in [5.74, 6) is 1.44. The fourth-order valence-electron chi connectivity index (χ4n) is 3.57. The number of nitrogens with two attached hydrogens (primary N) is 1. The highest BCUT2D eigenvalue weighted by atomic mass is 16.2. The molecule has 2 atom stereocenters. The van der Waals surface area contributed by atoms with Crippen LogP contribution in [0, 0.1) is 11.8 Å². The molecule has 0 aromatic heterocycles. The van der Waals surface area contributed by atoms with E-state index in [4.69, 9.17) is 5.73 Å². The first-order valence-corrected chi connectivity index (χ1v) is 8.04. The number of fused-ring (bicyclic) bond motifs is 1. The van der Waals surface area contributed by atoms with E-state index in [9.17, 15) is 4.79 Å². The monoisotopic (exact) mass is 281 g/mol. The lowest BCUT2D eigenvalue weighted by atomic mass is 9.92. The van der Waals surface area contributed by atoms with Gasteiger partial charge in [-0.05, 0) is 45.4 Å². The van der Waals surface area contributed by atoms with Gasteiger partial charge in [0.15, 0.2) is 0 Å². The summed E-state index contributed by atoms with van der Waals surface area (Å²) in [5, 5.41) is 0. The van der Waals surface area contributed by atoms with Crippen molar-refractivity contribution in [1.29, 1.82) is 0 Å². The van der Waals surface area contributed by atoms with Crippen LogP contribution in [0.3, 0.4) is 0 Å². The van der Waals surface area contributed by atoms with Gasteiger partial charge in [-0.1, -0.05) is 13.8 Å². The minimum absolute atomic E-state index is 0.166. The van der Waals surface area contributed by atoms with E-state index in [1.54, 1.807) is 0 Å². The first kappa shape index (κ1) is 15.8. The Labute approximate surface area is 123 Å². The van der Waals surface area contributed by atoms with Gasteiger partial charge in [0.05, 0.1) is 5.54 Å². The Balaban J connectivity index is 1.98. The number of hydrogen-bond donors (Lipinski definition) is 1. The Bertz CT molecular complexity index is 356. The van der Waals surface area contributed by atoms with Gasteiger partial charge in [-0.2, -0.15) is 0 Å². The molecular formula is C16H31N3O. The first-order chi connectivity index (χ1) is 9.21. The van der Waals surface area contributed by atoms with Crippen molar-refractivity contribution in [2.24, 2.45) is 17.6 Å². The smallest absolute Gasteiger partial charge is 0.242 e. The summed E-state index contributed by atoms with van der Waals surface area (Å²) in [6, 6.07) is 0. The molecular weight excluding hydrogens is 250 g/mol. The Kier molecular flexibility index (Phi) is 4.18. The average Bonchev–Trinajstić information content (AvgIpc) is 2.94. The lowest BCUT2D eigenvalue weighted by Crippen LogP contribution is -2.54. The first-order valence-electron chi connectivity index (χ1n) is 8.04. The quantitative estimate of drug-likeness (QED) is 0.856. The highest BCUT2D eigenvalue weighted by molar-refractivity contribution is 5.86. The molecule has 2 aliphatic heterocycles. The van der Waals surface area contributed by atoms with Crippen molar-refractivity contribution < 1.29 is 4.79 Å². The summed E-state index contributed by atoms with van der Waals surface area (Å²) in [6.45, 7) is 14.9. The fraction of sp³-hybridized carbons (Fsp3) is 0.938. The molecule has 2 aliphatic rings. The molecule has 0 aliphatic carbocycles. The van der Waals surface area contributed by atoms with E-state index in [1.807, 2.05) is 18.7 Å². The zero-order valence-electron chi connectivity index (χ0n) is 13.8. The van der Waals surface area contributed by atoms with E-state index in [0.29, 0.717) is 11.8 Å². The van der Waals surface area contributed by atoms with Gasteiger partial charge in [0, 0.05) is 31.7 Å². The molecule has 2 heterocycles. The second-order valence-corrected chi connectivity index (χ2v) is 7.67. The van der Waals surface area contributed by atoms with Crippen LogP contribution in [0.1, 0.15) is 47.5 Å². The van der Waals surface area contributed by atoms with Crippen LogP contribution in [0.25, 0.3) is 0 Å². The second-order valence-electron chi connectivity index (χ2n) is 7.67. The van der Waals surface area contributed by atoms with E-state index in [1.165, 1.54) is 0 Å². The molecule has 2 N–H and O–H groups in total. The van der Waals surface area contributed by atoms with Gasteiger partial charge >= 0.3 is 0 Å². The molecule has 0 saturated carbocycles. The molecule has 116 valence electrons. The van der Waals surface area contributed by atoms with Crippen LogP contribution in [-0.2, 0) is 4.79 Å². The maximum Gasteiger partial charge on any atom is 0.242 e. The lowest BCUT2D eigenvalue weighted by Gasteiger charge is -2.35. The van der Waals surface area contributed by atoms with Gasteiger partial charge in [0.2, 0.25) is 5.91 Å². The number of rotatable bonds is 3. The number of hydrogen-bond acceptors (Lipinski definition) is 3. The van der Waals surface area contributed by atoms with Crippen molar-refractivity contribution in [2.45, 2.75) is 58.5 Å². The summed E-state index contributed by atoms with van der Waals surface area (Å²) >= 11 is 0. The minimum atomic E-state index is -0.650. The number of carbonyl (C=O) groups is 1. The molecule has 4 heteroatoms. The lowest BCUT2D eigenvalue weighted by molar-refractivity contribution is -0.136. The van der Waals surface area contributed by atoms with Gasteiger partial charge in [0.1, 0.15) is 0 Å². The highest BCUT2D eigenvalue weighted by Gasteiger charge is 2.46. The van der Waals surface area contributed by atoms with Crippen molar-refractivity contribution >= 4 is 5.91 Å². The molecule has 2 rings (SSSR count). The Hall–Kier alpha value is -0.610. The summed E-state index contributed by atoms with van der Waals surface area (Å²) in [6.07, 6.45) is 1.45. The number of carbonyl (C=O) groups excluding carboxylic acids is 1. The van der Waals surface area contributed by atoms with E-state index in [2.05, 4.69) is 25.7 Å². The Morgan fingerprint density at radius 1 is 1.05 bits per heavy atom. The van der Waals surface area contributed by atoms with E-state index < -0.39 is 5.54 Å². The molecule has 0 aromatic carbocycles. The number of likely N-dealkylation sites (tertiary alicyclic amines) is 2. The summed E-state index contributed by atoms with van der Waals surface area (Å²) in [4.78, 5) is 17.2. The van der Waals surface area contributed by atoms with Crippen LogP contribution >= 0.6 is 0 Å². The SMILES string of the molecule is CCC(N)(CC)C(=O)N1CC2CN(C(C)(C)C)CC2C1. The zero-order valence-corrected chi connectivity index (χ0v) is 13.8. The molecule has 0 aromatic rings. The maximum atomic E-state index is 12.6. The van der Waals surface area contributed by atoms with Gasteiger partial charge in [-0.25, -0.2) is 0 Å². The molecule has 20 heavy (non-hydrogen) atoms. The molecule has 0 spiro atoms. The van der Waals surface area contributed by atoms with Crippen LogP contribution in [0.2, 0.25) is 0 Å². The van der Waals surface area contributed by atoms with Gasteiger partial charge in [0.25, 0.3) is 0 Å². The van der Waals surface area contributed by atoms with E-state index >= 15 is 0 Å². The second kappa shape index (κ2) is 5.30. The fourth-order valence-corrected chi connectivity index (χ4v) is 3.57. The highest BCUT2D eigenvalue weighted by Crippen LogP contribution is 2.35. The predicted octanol–water partition coefficient (Wildman–Crippen LogP) is 1.69. The summed E-state index contributed by atoms with van der Waals surface area (Å²) in [5.41, 5.74) is 5.85. The molecule has 2 unspecified atom stereocenters. The molecule has 0 bridgehead atoms. The van der Waals surface area contributed by atoms with Crippen LogP contribution in [0.15, 0.2) is 0 Å². The molecule has 0 radical (unpaired) electrons. The van der Waals surface area contributed by atoms with Crippen LogP contribution in [-0.4, -0.2) is 53.0 Å². The van der Waals surface area contributed by atoms with Crippen molar-refractivity contribution in [3.05, 3.63) is 0 Å². The van der Waals surface area contributed by atoms with Crippen molar-refractivity contribution in [2.75, 3.05) is 26.2 Å². The molecule has 1 amide bonds. The number of nitrogens with zero attached hydrogens (tertiary/aromatic N) is 2. The molecule has 2 saturated heterocycles. The third kappa shape index (κ3) is 2.73. The third-order valence-electron chi connectivity index (χ3n) is 5.41. The summed E-state index contributed by atoms with van der Waals surface area (Å²) < 4.78 is 0. The van der Waals surface area contributed by atoms with Crippen LogP contribution in [0.5, 0.6) is 0 Å². The van der Waals surface area contributed by atoms with Crippen LogP contribution < -0.4 is 5.73 Å². The van der Waals surface area contributed by atoms with E-state index in [-0.39, 0.29) is 11.4 Å². The Morgan fingerprint density at radius 3 is 1.85 bits per heavy atom. The average molecular weight is 281 g/mol. The standard InChI is InChI=1S/C16H31N3O/c1-6-16(17,7-2)14(20)18-8-12-10-19(15(3,4)5)11-13(12)9-18/h12-13H,6-11,17H2,1-5H3. The topological polar surface area (TPSA) is 49.6 Å². The predicted molar refractivity (Wildman–Crippen MR) is 82.4 cm³/mol. The third-order valence-corrected chi connectivity index (χ3v) is 5.41. The zero-order chi connectivity index (χ0) is 15.1. The van der Waals surface area contributed by atoms with Gasteiger partial charge in [-0.3, -0.25) is 9.69 Å². The van der Waals surface area contributed by atoms with Gasteiger partial charge in [-0.15, -0.1) is 0 Å². The van der Waals surface area contributed by atoms with Crippen molar-refractivity contribution in [1.82, 2.24) is 9.80 Å².